The van der Waals surface area contributed by atoms with Gasteiger partial charge < -0.3 is 24.8 Å². The average Bonchev–Trinajstić information content (AvgIpc) is 3.58. The van der Waals surface area contributed by atoms with Crippen LogP contribution in [0, 0.1) is 11.8 Å². The van der Waals surface area contributed by atoms with Crippen LogP contribution in [-0.2, 0) is 23.9 Å². The van der Waals surface area contributed by atoms with E-state index in [-0.39, 0.29) is 19.1 Å². The van der Waals surface area contributed by atoms with E-state index in [2.05, 4.69) is 5.32 Å². The maximum atomic E-state index is 14.4. The third-order valence-corrected chi connectivity index (χ3v) is 9.12. The van der Waals surface area contributed by atoms with Crippen molar-refractivity contribution >= 4 is 34.2 Å². The quantitative estimate of drug-likeness (QED) is 0.413. The van der Waals surface area contributed by atoms with Crippen molar-refractivity contribution in [1.29, 1.82) is 0 Å². The fourth-order valence-electron chi connectivity index (χ4n) is 7.39. The maximum Gasteiger partial charge on any atom is 0.312 e. The molecule has 3 aromatic rings. The van der Waals surface area contributed by atoms with E-state index in [4.69, 9.17) is 9.47 Å². The minimum absolute atomic E-state index is 0.182. The largest absolute Gasteiger partial charge is 0.466 e. The molecular formula is C32H34N2O6. The summed E-state index contributed by atoms with van der Waals surface area (Å²) in [5, 5.41) is 15.6. The molecule has 3 aliphatic rings. The summed E-state index contributed by atoms with van der Waals surface area (Å²) in [4.78, 5) is 43.5. The second-order valence-corrected chi connectivity index (χ2v) is 11.0. The number of likely N-dealkylation sites (tertiary alicyclic amines) is 1. The number of carbonyl (C=O) groups is 3. The Morgan fingerprint density at radius 3 is 2.48 bits per heavy atom. The van der Waals surface area contributed by atoms with Crippen LogP contribution in [0.5, 0.6) is 0 Å². The molecule has 2 amide bonds. The minimum Gasteiger partial charge on any atom is -0.466 e. The van der Waals surface area contributed by atoms with E-state index in [0.717, 1.165) is 10.8 Å². The Labute approximate surface area is 233 Å². The summed E-state index contributed by atoms with van der Waals surface area (Å²) < 4.78 is 12.2. The number of ether oxygens (including phenoxy) is 2. The van der Waals surface area contributed by atoms with E-state index in [1.54, 1.807) is 6.92 Å². The smallest absolute Gasteiger partial charge is 0.312 e. The molecule has 3 heterocycles. The van der Waals surface area contributed by atoms with Crippen molar-refractivity contribution in [3.8, 4) is 0 Å². The summed E-state index contributed by atoms with van der Waals surface area (Å²) in [6, 6.07) is 20.9. The van der Waals surface area contributed by atoms with Gasteiger partial charge in [-0.2, -0.15) is 0 Å². The highest BCUT2D eigenvalue weighted by atomic mass is 16.6. The van der Waals surface area contributed by atoms with Crippen LogP contribution in [0.3, 0.4) is 0 Å². The van der Waals surface area contributed by atoms with E-state index >= 15 is 0 Å². The van der Waals surface area contributed by atoms with Gasteiger partial charge in [-0.15, -0.1) is 0 Å². The van der Waals surface area contributed by atoms with Gasteiger partial charge in [0.25, 0.3) is 0 Å². The molecule has 2 unspecified atom stereocenters. The van der Waals surface area contributed by atoms with Crippen LogP contribution in [0.25, 0.3) is 10.8 Å². The Morgan fingerprint density at radius 2 is 1.77 bits per heavy atom. The van der Waals surface area contributed by atoms with Gasteiger partial charge in [0.15, 0.2) is 0 Å². The number of amides is 2. The number of aliphatic hydroxyl groups excluding tert-OH is 1. The molecule has 208 valence electrons. The maximum absolute atomic E-state index is 14.4. The molecule has 6 atom stereocenters. The SMILES string of the molecule is CCOC(=O)[C@H]1[C@H]2C(=O)N([C@H](CO)c3ccccc3)C(C(=O)Nc3ccc4ccccc4c3)C23CC[C@]1(CC)O3. The van der Waals surface area contributed by atoms with Gasteiger partial charge in [0.2, 0.25) is 11.8 Å². The van der Waals surface area contributed by atoms with Gasteiger partial charge in [-0.05, 0) is 54.7 Å². The van der Waals surface area contributed by atoms with Crippen LogP contribution >= 0.6 is 0 Å². The number of anilines is 1. The highest BCUT2D eigenvalue weighted by molar-refractivity contribution is 6.04. The van der Waals surface area contributed by atoms with Crippen molar-refractivity contribution in [1.82, 2.24) is 4.90 Å². The summed E-state index contributed by atoms with van der Waals surface area (Å²) in [6.45, 7) is 3.47. The second-order valence-electron chi connectivity index (χ2n) is 11.0. The molecule has 0 saturated carbocycles. The number of hydrogen-bond acceptors (Lipinski definition) is 6. The highest BCUT2D eigenvalue weighted by Crippen LogP contribution is 2.65. The Hall–Kier alpha value is -3.75. The molecule has 0 radical (unpaired) electrons. The third-order valence-electron chi connectivity index (χ3n) is 9.12. The topological polar surface area (TPSA) is 105 Å². The lowest BCUT2D eigenvalue weighted by molar-refractivity contribution is -0.161. The van der Waals surface area contributed by atoms with E-state index in [1.807, 2.05) is 79.7 Å². The molecule has 3 aliphatic heterocycles. The summed E-state index contributed by atoms with van der Waals surface area (Å²) in [5.74, 6) is -2.95. The molecule has 8 heteroatoms. The van der Waals surface area contributed by atoms with Crippen LogP contribution < -0.4 is 5.32 Å². The average molecular weight is 543 g/mol. The van der Waals surface area contributed by atoms with Crippen LogP contribution in [0.1, 0.15) is 44.7 Å². The van der Waals surface area contributed by atoms with E-state index in [0.29, 0.717) is 30.5 Å². The first kappa shape index (κ1) is 26.5. The lowest BCUT2D eigenvalue weighted by Crippen LogP contribution is -2.54. The van der Waals surface area contributed by atoms with Gasteiger partial charge in [-0.1, -0.05) is 67.6 Å². The van der Waals surface area contributed by atoms with Crippen molar-refractivity contribution < 1.29 is 29.0 Å². The lowest BCUT2D eigenvalue weighted by Gasteiger charge is -2.37. The van der Waals surface area contributed by atoms with Crippen molar-refractivity contribution in [3.63, 3.8) is 0 Å². The minimum atomic E-state index is -1.21. The molecule has 1 spiro atoms. The fourth-order valence-corrected chi connectivity index (χ4v) is 7.39. The molecule has 2 bridgehead atoms. The number of fused-ring (bicyclic) bond motifs is 2. The molecule has 3 saturated heterocycles. The predicted octanol–water partition coefficient (Wildman–Crippen LogP) is 4.23. The molecular weight excluding hydrogens is 508 g/mol. The molecule has 6 rings (SSSR count). The fraction of sp³-hybridized carbons (Fsp3) is 0.406. The molecule has 3 aromatic carbocycles. The first-order valence-corrected chi connectivity index (χ1v) is 14.0. The predicted molar refractivity (Wildman–Crippen MR) is 149 cm³/mol. The number of hydrogen-bond donors (Lipinski definition) is 2. The summed E-state index contributed by atoms with van der Waals surface area (Å²) in [6.07, 6.45) is 1.51. The molecule has 8 nitrogen and oxygen atoms in total. The van der Waals surface area contributed by atoms with Crippen LogP contribution in [-0.4, -0.2) is 58.2 Å². The zero-order valence-electron chi connectivity index (χ0n) is 22.7. The first-order valence-electron chi connectivity index (χ1n) is 14.0. The number of rotatable bonds is 8. The van der Waals surface area contributed by atoms with Crippen molar-refractivity contribution in [2.24, 2.45) is 11.8 Å². The van der Waals surface area contributed by atoms with Gasteiger partial charge in [0.1, 0.15) is 17.6 Å². The van der Waals surface area contributed by atoms with Gasteiger partial charge >= 0.3 is 5.97 Å². The number of esters is 1. The molecule has 0 aromatic heterocycles. The number of nitrogens with one attached hydrogen (secondary N) is 1. The number of carbonyl (C=O) groups excluding carboxylic acids is 3. The highest BCUT2D eigenvalue weighted by Gasteiger charge is 2.79. The Balaban J connectivity index is 1.45. The van der Waals surface area contributed by atoms with Crippen molar-refractivity contribution in [2.75, 3.05) is 18.5 Å². The van der Waals surface area contributed by atoms with Crippen LogP contribution in [0.2, 0.25) is 0 Å². The summed E-state index contributed by atoms with van der Waals surface area (Å²) in [7, 11) is 0. The van der Waals surface area contributed by atoms with Gasteiger partial charge in [-0.25, -0.2) is 0 Å². The Morgan fingerprint density at radius 1 is 1.05 bits per heavy atom. The second kappa shape index (κ2) is 10.0. The van der Waals surface area contributed by atoms with Gasteiger partial charge in [0, 0.05) is 5.69 Å². The van der Waals surface area contributed by atoms with E-state index in [9.17, 15) is 19.5 Å². The van der Waals surface area contributed by atoms with Crippen LogP contribution in [0.15, 0.2) is 72.8 Å². The van der Waals surface area contributed by atoms with Crippen molar-refractivity contribution in [2.45, 2.75) is 56.4 Å². The van der Waals surface area contributed by atoms with E-state index < -0.39 is 47.0 Å². The van der Waals surface area contributed by atoms with E-state index in [1.165, 1.54) is 4.90 Å². The van der Waals surface area contributed by atoms with Gasteiger partial charge in [0.05, 0.1) is 30.8 Å². The summed E-state index contributed by atoms with van der Waals surface area (Å²) in [5.41, 5.74) is -0.795. The molecule has 3 fully saturated rings. The first-order chi connectivity index (χ1) is 19.4. The lowest BCUT2D eigenvalue weighted by atomic mass is 9.65. The number of nitrogens with zero attached hydrogens (tertiary/aromatic N) is 1. The van der Waals surface area contributed by atoms with Crippen molar-refractivity contribution in [3.05, 3.63) is 78.4 Å². The molecule has 0 aliphatic carbocycles. The van der Waals surface area contributed by atoms with Gasteiger partial charge in [-0.3, -0.25) is 14.4 Å². The molecule has 2 N–H and O–H groups in total. The zero-order chi connectivity index (χ0) is 28.1. The van der Waals surface area contributed by atoms with Crippen LogP contribution in [0.4, 0.5) is 5.69 Å². The normalized spacial score (nSPS) is 29.4. The summed E-state index contributed by atoms with van der Waals surface area (Å²) >= 11 is 0. The monoisotopic (exact) mass is 542 g/mol. The number of benzene rings is 3. The molecule has 40 heavy (non-hydrogen) atoms. The standard InChI is InChI=1S/C32H34N2O6/c1-3-31-16-17-32(40-31)25(26(31)30(38)39-4-2)29(37)34(24(19-35)21-11-6-5-7-12-21)27(32)28(36)33-23-15-14-20-10-8-9-13-22(20)18-23/h5-15,18,24-27,35H,3-4,16-17,19H2,1-2H3,(H,33,36)/t24-,25+,26-,27?,31+,32?/m1/s1. The third kappa shape index (κ3) is 3.84. The number of aliphatic hydroxyl groups is 1. The zero-order valence-corrected chi connectivity index (χ0v) is 22.7. The Bertz CT molecular complexity index is 1460. The Kier molecular flexibility index (Phi) is 6.63.